The Hall–Kier alpha value is -0.940. The van der Waals surface area contributed by atoms with Gasteiger partial charge in [0.05, 0.1) is 12.3 Å². The number of hydrogen-bond acceptors (Lipinski definition) is 4. The van der Waals surface area contributed by atoms with E-state index < -0.39 is 0 Å². The Morgan fingerprint density at radius 1 is 1.65 bits per heavy atom. The van der Waals surface area contributed by atoms with E-state index in [1.54, 1.807) is 4.68 Å². The summed E-state index contributed by atoms with van der Waals surface area (Å²) in [7, 11) is 1.86. The van der Waals surface area contributed by atoms with Gasteiger partial charge in [-0.25, -0.2) is 0 Å². The van der Waals surface area contributed by atoms with Crippen LogP contribution in [-0.4, -0.2) is 32.2 Å². The van der Waals surface area contributed by atoms with Crippen molar-refractivity contribution in [2.24, 2.45) is 13.0 Å². The molecule has 0 saturated heterocycles. The van der Waals surface area contributed by atoms with Crippen LogP contribution < -0.4 is 5.32 Å². The maximum atomic E-state index is 9.64. The van der Waals surface area contributed by atoms with Gasteiger partial charge in [0.15, 0.2) is 0 Å². The third kappa shape index (κ3) is 3.04. The van der Waals surface area contributed by atoms with Gasteiger partial charge in [0.2, 0.25) is 0 Å². The summed E-state index contributed by atoms with van der Waals surface area (Å²) in [5, 5.41) is 21.1. The molecule has 0 amide bonds. The standard InChI is InChI=1S/C12H22N4O/c1-10-4-3-5-12(6-10,9-17)13-7-11-8-16(2)15-14-11/h8,10,13,17H,3-7,9H2,1-2H3. The lowest BCUT2D eigenvalue weighted by atomic mass is 9.77. The summed E-state index contributed by atoms with van der Waals surface area (Å²) in [5.41, 5.74) is 0.813. The zero-order valence-electron chi connectivity index (χ0n) is 10.7. The third-order valence-electron chi connectivity index (χ3n) is 3.69. The fourth-order valence-corrected chi connectivity index (χ4v) is 2.77. The first kappa shape index (κ1) is 12.5. The number of nitrogens with one attached hydrogen (secondary N) is 1. The average molecular weight is 238 g/mol. The zero-order valence-corrected chi connectivity index (χ0v) is 10.7. The minimum Gasteiger partial charge on any atom is -0.394 e. The van der Waals surface area contributed by atoms with Crippen molar-refractivity contribution >= 4 is 0 Å². The molecule has 1 aromatic heterocycles. The van der Waals surface area contributed by atoms with E-state index in [0.29, 0.717) is 12.5 Å². The van der Waals surface area contributed by atoms with Crippen molar-refractivity contribution in [3.8, 4) is 0 Å². The summed E-state index contributed by atoms with van der Waals surface area (Å²) < 4.78 is 1.70. The van der Waals surface area contributed by atoms with Crippen molar-refractivity contribution in [2.75, 3.05) is 6.61 Å². The summed E-state index contributed by atoms with van der Waals surface area (Å²) in [6.07, 6.45) is 6.46. The third-order valence-corrected chi connectivity index (χ3v) is 3.69. The van der Waals surface area contributed by atoms with E-state index in [-0.39, 0.29) is 12.1 Å². The largest absolute Gasteiger partial charge is 0.394 e. The van der Waals surface area contributed by atoms with Crippen molar-refractivity contribution in [2.45, 2.75) is 44.7 Å². The van der Waals surface area contributed by atoms with E-state index in [9.17, 15) is 5.11 Å². The molecular formula is C12H22N4O. The van der Waals surface area contributed by atoms with E-state index >= 15 is 0 Å². The first-order chi connectivity index (χ1) is 8.13. The molecule has 0 radical (unpaired) electrons. The Morgan fingerprint density at radius 3 is 3.06 bits per heavy atom. The van der Waals surface area contributed by atoms with Gasteiger partial charge in [0.1, 0.15) is 0 Å². The first-order valence-corrected chi connectivity index (χ1v) is 6.35. The molecule has 2 unspecified atom stereocenters. The van der Waals surface area contributed by atoms with Crippen molar-refractivity contribution < 1.29 is 5.11 Å². The SMILES string of the molecule is CC1CCCC(CO)(NCc2cn(C)nn2)C1. The zero-order chi connectivity index (χ0) is 12.3. The Bertz CT molecular complexity index is 365. The topological polar surface area (TPSA) is 63.0 Å². The van der Waals surface area contributed by atoms with Crippen LogP contribution in [0, 0.1) is 5.92 Å². The molecule has 2 N–H and O–H groups in total. The number of aryl methyl sites for hydroxylation is 1. The molecule has 0 spiro atoms. The highest BCUT2D eigenvalue weighted by atomic mass is 16.3. The maximum Gasteiger partial charge on any atom is 0.0964 e. The number of rotatable bonds is 4. The van der Waals surface area contributed by atoms with Gasteiger partial charge in [-0.1, -0.05) is 25.0 Å². The van der Waals surface area contributed by atoms with Crippen LogP contribution in [0.2, 0.25) is 0 Å². The molecule has 1 heterocycles. The molecule has 1 aliphatic rings. The smallest absolute Gasteiger partial charge is 0.0964 e. The highest BCUT2D eigenvalue weighted by Crippen LogP contribution is 2.32. The second-order valence-electron chi connectivity index (χ2n) is 5.38. The molecule has 1 fully saturated rings. The molecule has 1 saturated carbocycles. The van der Waals surface area contributed by atoms with Crippen LogP contribution >= 0.6 is 0 Å². The Morgan fingerprint density at radius 2 is 2.47 bits per heavy atom. The van der Waals surface area contributed by atoms with Gasteiger partial charge in [-0.2, -0.15) is 0 Å². The summed E-state index contributed by atoms with van der Waals surface area (Å²) in [5.74, 6) is 0.685. The van der Waals surface area contributed by atoms with Gasteiger partial charge in [0.25, 0.3) is 0 Å². The molecule has 0 aromatic carbocycles. The number of nitrogens with zero attached hydrogens (tertiary/aromatic N) is 3. The van der Waals surface area contributed by atoms with Crippen molar-refractivity contribution in [1.82, 2.24) is 20.3 Å². The minimum atomic E-state index is -0.116. The van der Waals surface area contributed by atoms with Crippen LogP contribution in [0.1, 0.15) is 38.3 Å². The number of hydrogen-bond donors (Lipinski definition) is 2. The Balaban J connectivity index is 1.94. The second-order valence-corrected chi connectivity index (χ2v) is 5.38. The molecule has 0 bridgehead atoms. The molecule has 2 rings (SSSR count). The van der Waals surface area contributed by atoms with E-state index in [1.807, 2.05) is 13.2 Å². The lowest BCUT2D eigenvalue weighted by Gasteiger charge is -2.39. The van der Waals surface area contributed by atoms with Gasteiger partial charge < -0.3 is 10.4 Å². The van der Waals surface area contributed by atoms with E-state index in [1.165, 1.54) is 12.8 Å². The lowest BCUT2D eigenvalue weighted by molar-refractivity contribution is 0.0979. The summed E-state index contributed by atoms with van der Waals surface area (Å²) in [6.45, 7) is 3.15. The predicted octanol–water partition coefficient (Wildman–Crippen LogP) is 0.846. The minimum absolute atomic E-state index is 0.116. The fraction of sp³-hybridized carbons (Fsp3) is 0.833. The Labute approximate surface area is 102 Å². The van der Waals surface area contributed by atoms with Gasteiger partial charge in [0, 0.05) is 25.3 Å². The van der Waals surface area contributed by atoms with Crippen LogP contribution in [0.5, 0.6) is 0 Å². The molecular weight excluding hydrogens is 216 g/mol. The summed E-state index contributed by atoms with van der Waals surface area (Å²) >= 11 is 0. The van der Waals surface area contributed by atoms with Crippen LogP contribution in [0.3, 0.4) is 0 Å². The van der Waals surface area contributed by atoms with Gasteiger partial charge in [-0.05, 0) is 18.8 Å². The van der Waals surface area contributed by atoms with E-state index in [4.69, 9.17) is 0 Å². The van der Waals surface area contributed by atoms with Crippen molar-refractivity contribution in [1.29, 1.82) is 0 Å². The highest BCUT2D eigenvalue weighted by molar-refractivity contribution is 4.97. The fourth-order valence-electron chi connectivity index (χ4n) is 2.77. The summed E-state index contributed by atoms with van der Waals surface area (Å²) in [6, 6.07) is 0. The van der Waals surface area contributed by atoms with Crippen LogP contribution in [0.15, 0.2) is 6.20 Å². The monoisotopic (exact) mass is 238 g/mol. The molecule has 2 atom stereocenters. The molecule has 5 heteroatoms. The maximum absolute atomic E-state index is 9.64. The quantitative estimate of drug-likeness (QED) is 0.816. The normalized spacial score (nSPS) is 29.5. The van der Waals surface area contributed by atoms with Crippen LogP contribution in [0.4, 0.5) is 0 Å². The van der Waals surface area contributed by atoms with Crippen LogP contribution in [0.25, 0.3) is 0 Å². The van der Waals surface area contributed by atoms with Crippen LogP contribution in [-0.2, 0) is 13.6 Å². The first-order valence-electron chi connectivity index (χ1n) is 6.35. The van der Waals surface area contributed by atoms with Gasteiger partial charge in [-0.3, -0.25) is 4.68 Å². The average Bonchev–Trinajstić information content (AvgIpc) is 2.73. The molecule has 1 aliphatic carbocycles. The predicted molar refractivity (Wildman–Crippen MR) is 65.3 cm³/mol. The molecule has 5 nitrogen and oxygen atoms in total. The Kier molecular flexibility index (Phi) is 3.79. The van der Waals surface area contributed by atoms with E-state index in [0.717, 1.165) is 18.5 Å². The van der Waals surface area contributed by atoms with Crippen molar-refractivity contribution in [3.05, 3.63) is 11.9 Å². The molecule has 96 valence electrons. The van der Waals surface area contributed by atoms with E-state index in [2.05, 4.69) is 22.6 Å². The molecule has 17 heavy (non-hydrogen) atoms. The van der Waals surface area contributed by atoms with Gasteiger partial charge >= 0.3 is 0 Å². The summed E-state index contributed by atoms with van der Waals surface area (Å²) in [4.78, 5) is 0. The second kappa shape index (κ2) is 5.14. The number of aliphatic hydroxyl groups is 1. The lowest BCUT2D eigenvalue weighted by Crippen LogP contribution is -2.51. The number of aliphatic hydroxyl groups excluding tert-OH is 1. The molecule has 1 aromatic rings. The molecule has 0 aliphatic heterocycles. The number of aromatic nitrogens is 3. The van der Waals surface area contributed by atoms with Crippen molar-refractivity contribution in [3.63, 3.8) is 0 Å². The highest BCUT2D eigenvalue weighted by Gasteiger charge is 2.33. The van der Waals surface area contributed by atoms with Gasteiger partial charge in [-0.15, -0.1) is 5.10 Å².